The summed E-state index contributed by atoms with van der Waals surface area (Å²) in [5, 5.41) is 16.7. The van der Waals surface area contributed by atoms with Gasteiger partial charge in [-0.3, -0.25) is 14.5 Å². The molecule has 0 aliphatic carbocycles. The van der Waals surface area contributed by atoms with Crippen LogP contribution in [0.15, 0.2) is 24.3 Å². The lowest BCUT2D eigenvalue weighted by atomic mass is 9.87. The summed E-state index contributed by atoms with van der Waals surface area (Å²) < 4.78 is 10.9. The van der Waals surface area contributed by atoms with Crippen molar-refractivity contribution in [2.24, 2.45) is 17.6 Å². The molecule has 1 heterocycles. The van der Waals surface area contributed by atoms with Gasteiger partial charge in [-0.15, -0.1) is 0 Å². The van der Waals surface area contributed by atoms with E-state index in [0.717, 1.165) is 38.8 Å². The topological polar surface area (TPSA) is 126 Å². The molecule has 1 fully saturated rings. The molecule has 3 atom stereocenters. The van der Waals surface area contributed by atoms with Gasteiger partial charge in [0.05, 0.1) is 23.8 Å². The normalized spacial score (nSPS) is 16.9. The Balaban J connectivity index is 1.85. The molecule has 9 nitrogen and oxygen atoms in total. The number of carbonyl (C=O) groups is 2. The highest BCUT2D eigenvalue weighted by Gasteiger charge is 2.35. The molecule has 0 spiro atoms. The lowest BCUT2D eigenvalue weighted by Gasteiger charge is -2.39. The van der Waals surface area contributed by atoms with Crippen molar-refractivity contribution in [3.8, 4) is 5.75 Å². The first-order chi connectivity index (χ1) is 18.6. The highest BCUT2D eigenvalue weighted by atomic mass is 16.5. The van der Waals surface area contributed by atoms with Crippen molar-refractivity contribution < 1.29 is 24.2 Å². The number of carbonyl (C=O) groups excluding carboxylic acids is 2. The average Bonchev–Trinajstić information content (AvgIpc) is 2.93. The summed E-state index contributed by atoms with van der Waals surface area (Å²) >= 11 is 0. The molecule has 5 N–H and O–H groups in total. The van der Waals surface area contributed by atoms with Crippen molar-refractivity contribution in [1.82, 2.24) is 15.5 Å². The van der Waals surface area contributed by atoms with Crippen LogP contribution in [0.5, 0.6) is 5.75 Å². The van der Waals surface area contributed by atoms with Crippen LogP contribution < -0.4 is 21.1 Å². The van der Waals surface area contributed by atoms with Gasteiger partial charge < -0.3 is 30.9 Å². The first kappa shape index (κ1) is 33.0. The molecule has 1 aromatic rings. The summed E-state index contributed by atoms with van der Waals surface area (Å²) in [5.74, 6) is 0.561. The van der Waals surface area contributed by atoms with E-state index < -0.39 is 17.7 Å². The Morgan fingerprint density at radius 3 is 2.38 bits per heavy atom. The van der Waals surface area contributed by atoms with Gasteiger partial charge in [0.15, 0.2) is 0 Å². The molecule has 1 aromatic carbocycles. The number of amides is 2. The highest BCUT2D eigenvalue weighted by molar-refractivity contribution is 5.96. The summed E-state index contributed by atoms with van der Waals surface area (Å²) in [6.45, 7) is 11.6. The van der Waals surface area contributed by atoms with Crippen LogP contribution in [0.4, 0.5) is 0 Å². The molecule has 0 bridgehead atoms. The molecule has 9 heteroatoms. The number of aliphatic hydroxyl groups excluding tert-OH is 1. The quantitative estimate of drug-likeness (QED) is 0.221. The first-order valence-corrected chi connectivity index (χ1v) is 14.5. The monoisotopic (exact) mass is 548 g/mol. The van der Waals surface area contributed by atoms with Gasteiger partial charge >= 0.3 is 0 Å². The SMILES string of the molecule is COCCCCOc1ccccc1C(=O)NCC(CC(N)C(O)CNC(=O)C(C)(C)N1CCCCC1)C(C)C. The molecule has 0 aromatic heterocycles. The van der Waals surface area contributed by atoms with Crippen LogP contribution in [0.2, 0.25) is 0 Å². The van der Waals surface area contributed by atoms with Crippen molar-refractivity contribution in [3.63, 3.8) is 0 Å². The second kappa shape index (κ2) is 16.8. The fourth-order valence-electron chi connectivity index (χ4n) is 4.89. The van der Waals surface area contributed by atoms with Gasteiger partial charge in [0.2, 0.25) is 5.91 Å². The van der Waals surface area contributed by atoms with Crippen LogP contribution in [-0.4, -0.2) is 86.0 Å². The molecule has 0 saturated carbocycles. The van der Waals surface area contributed by atoms with Crippen molar-refractivity contribution >= 4 is 11.8 Å². The molecule has 1 aliphatic heterocycles. The summed E-state index contributed by atoms with van der Waals surface area (Å²) in [4.78, 5) is 28.1. The van der Waals surface area contributed by atoms with Gasteiger partial charge in [0.25, 0.3) is 5.91 Å². The molecule has 0 radical (unpaired) electrons. The number of para-hydroxylation sites is 1. The second-order valence-electron chi connectivity index (χ2n) is 11.5. The zero-order valence-corrected chi connectivity index (χ0v) is 24.7. The first-order valence-electron chi connectivity index (χ1n) is 14.5. The van der Waals surface area contributed by atoms with E-state index in [1.54, 1.807) is 19.2 Å². The fourth-order valence-corrected chi connectivity index (χ4v) is 4.89. The van der Waals surface area contributed by atoms with Gasteiger partial charge in [-0.25, -0.2) is 0 Å². The van der Waals surface area contributed by atoms with Crippen molar-refractivity contribution in [2.75, 3.05) is 46.5 Å². The Kier molecular flexibility index (Phi) is 14.2. The Labute approximate surface area is 235 Å². The Morgan fingerprint density at radius 2 is 1.72 bits per heavy atom. The smallest absolute Gasteiger partial charge is 0.255 e. The summed E-state index contributed by atoms with van der Waals surface area (Å²) in [7, 11) is 1.67. The number of rotatable bonds is 17. The Bertz CT molecular complexity index is 873. The van der Waals surface area contributed by atoms with Gasteiger partial charge in [-0.05, 0) is 83.0 Å². The molecule has 2 rings (SSSR count). The molecular formula is C30H52N4O5. The number of ether oxygens (including phenoxy) is 2. The minimum absolute atomic E-state index is 0.0567. The van der Waals surface area contributed by atoms with Crippen LogP contribution in [0.1, 0.15) is 76.6 Å². The van der Waals surface area contributed by atoms with Crippen molar-refractivity contribution in [2.45, 2.75) is 83.9 Å². The maximum atomic E-state index is 13.0. The Morgan fingerprint density at radius 1 is 1.05 bits per heavy atom. The molecule has 3 unspecified atom stereocenters. The summed E-state index contributed by atoms with van der Waals surface area (Å²) in [6.07, 6.45) is 4.78. The van der Waals surface area contributed by atoms with Gasteiger partial charge in [-0.2, -0.15) is 0 Å². The highest BCUT2D eigenvalue weighted by Crippen LogP contribution is 2.22. The third-order valence-corrected chi connectivity index (χ3v) is 7.84. The lowest BCUT2D eigenvalue weighted by molar-refractivity contribution is -0.132. The van der Waals surface area contributed by atoms with E-state index >= 15 is 0 Å². The van der Waals surface area contributed by atoms with Crippen molar-refractivity contribution in [3.05, 3.63) is 29.8 Å². The number of unbranched alkanes of at least 4 members (excludes halogenated alkanes) is 1. The lowest BCUT2D eigenvalue weighted by Crippen LogP contribution is -2.58. The summed E-state index contributed by atoms with van der Waals surface area (Å²) in [5.41, 5.74) is 6.24. The zero-order chi connectivity index (χ0) is 28.8. The standard InChI is InChI=1S/C30H52N4O5/c1-22(2)23(20-32-28(36)24-13-7-8-14-27(24)39-18-12-11-17-38-5)19-25(31)26(35)21-33-29(37)30(3,4)34-15-9-6-10-16-34/h7-8,13-14,22-23,25-26,35H,6,9-12,15-21,31H2,1-5H3,(H,32,36)(H,33,37). The predicted octanol–water partition coefficient (Wildman–Crippen LogP) is 2.95. The maximum absolute atomic E-state index is 13.0. The van der Waals surface area contributed by atoms with Crippen LogP contribution >= 0.6 is 0 Å². The molecule has 1 aliphatic rings. The number of aliphatic hydroxyl groups is 1. The average molecular weight is 549 g/mol. The predicted molar refractivity (Wildman–Crippen MR) is 155 cm³/mol. The Hall–Kier alpha value is -2.20. The van der Waals surface area contributed by atoms with E-state index in [1.807, 2.05) is 26.0 Å². The van der Waals surface area contributed by atoms with Crippen molar-refractivity contribution in [1.29, 1.82) is 0 Å². The van der Waals surface area contributed by atoms with Crippen LogP contribution in [-0.2, 0) is 9.53 Å². The number of nitrogens with two attached hydrogens (primary N) is 1. The van der Waals surface area contributed by atoms with E-state index in [2.05, 4.69) is 29.4 Å². The van der Waals surface area contributed by atoms with E-state index in [0.29, 0.717) is 37.5 Å². The van der Waals surface area contributed by atoms with Crippen LogP contribution in [0.25, 0.3) is 0 Å². The van der Waals surface area contributed by atoms with E-state index in [9.17, 15) is 14.7 Å². The number of piperidine rings is 1. The molecular weight excluding hydrogens is 496 g/mol. The fraction of sp³-hybridized carbons (Fsp3) is 0.733. The maximum Gasteiger partial charge on any atom is 0.255 e. The molecule has 222 valence electrons. The number of likely N-dealkylation sites (tertiary alicyclic amines) is 1. The number of hydrogen-bond donors (Lipinski definition) is 4. The number of methoxy groups -OCH3 is 1. The van der Waals surface area contributed by atoms with E-state index in [-0.39, 0.29) is 30.2 Å². The molecule has 39 heavy (non-hydrogen) atoms. The number of nitrogens with one attached hydrogen (secondary N) is 2. The van der Waals surface area contributed by atoms with E-state index in [1.165, 1.54) is 6.42 Å². The minimum atomic E-state index is -0.879. The number of benzene rings is 1. The minimum Gasteiger partial charge on any atom is -0.493 e. The van der Waals surface area contributed by atoms with Gasteiger partial charge in [0, 0.05) is 32.8 Å². The molecule has 2 amide bonds. The number of hydrogen-bond acceptors (Lipinski definition) is 7. The van der Waals surface area contributed by atoms with Crippen LogP contribution in [0.3, 0.4) is 0 Å². The van der Waals surface area contributed by atoms with E-state index in [4.69, 9.17) is 15.2 Å². The summed E-state index contributed by atoms with van der Waals surface area (Å²) in [6, 6.07) is 6.70. The zero-order valence-electron chi connectivity index (χ0n) is 24.7. The van der Waals surface area contributed by atoms with Gasteiger partial charge in [0.1, 0.15) is 5.75 Å². The number of nitrogens with zero attached hydrogens (tertiary/aromatic N) is 1. The largest absolute Gasteiger partial charge is 0.493 e. The van der Waals surface area contributed by atoms with Crippen LogP contribution in [0, 0.1) is 11.8 Å². The third kappa shape index (κ3) is 10.7. The van der Waals surface area contributed by atoms with Gasteiger partial charge in [-0.1, -0.05) is 32.4 Å². The second-order valence-corrected chi connectivity index (χ2v) is 11.5. The molecule has 1 saturated heterocycles. The third-order valence-electron chi connectivity index (χ3n) is 7.84.